The summed E-state index contributed by atoms with van der Waals surface area (Å²) in [6, 6.07) is 2.60. The van der Waals surface area contributed by atoms with Gasteiger partial charge in [0.15, 0.2) is 0 Å². The van der Waals surface area contributed by atoms with E-state index in [9.17, 15) is 26.7 Å². The zero-order valence-electron chi connectivity index (χ0n) is 13.0. The van der Waals surface area contributed by atoms with Gasteiger partial charge in [0.05, 0.1) is 23.1 Å². The van der Waals surface area contributed by atoms with Crippen LogP contribution >= 0.6 is 11.8 Å². The second-order valence-electron chi connectivity index (χ2n) is 5.46. The normalized spacial score (nSPS) is 20.9. The molecule has 0 radical (unpaired) electrons. The van der Waals surface area contributed by atoms with Gasteiger partial charge in [-0.25, -0.2) is 8.78 Å². The lowest BCUT2D eigenvalue weighted by molar-refractivity contribution is -0.137. The maximum atomic E-state index is 12.9. The summed E-state index contributed by atoms with van der Waals surface area (Å²) in [7, 11) is 0. The van der Waals surface area contributed by atoms with Gasteiger partial charge in [-0.3, -0.25) is 4.79 Å². The molecule has 1 aromatic rings. The van der Waals surface area contributed by atoms with Crippen LogP contribution in [-0.4, -0.2) is 36.8 Å². The number of thioether (sulfide) groups is 1. The number of anilines is 1. The van der Waals surface area contributed by atoms with Gasteiger partial charge < -0.3 is 15.8 Å². The molecule has 2 rings (SSSR count). The average molecular weight is 384 g/mol. The molecule has 0 spiro atoms. The molecular formula is C15H17F5N2O2S. The van der Waals surface area contributed by atoms with Crippen LogP contribution < -0.4 is 11.1 Å². The van der Waals surface area contributed by atoms with E-state index >= 15 is 0 Å². The van der Waals surface area contributed by atoms with Gasteiger partial charge in [0, 0.05) is 11.4 Å². The Balaban J connectivity index is 2.18. The number of alkyl halides is 5. The quantitative estimate of drug-likeness (QED) is 0.582. The summed E-state index contributed by atoms with van der Waals surface area (Å²) in [5, 5.41) is 2.36. The molecule has 25 heavy (non-hydrogen) atoms. The van der Waals surface area contributed by atoms with Crippen molar-refractivity contribution in [1.29, 1.82) is 0 Å². The van der Waals surface area contributed by atoms with E-state index < -0.39 is 35.9 Å². The van der Waals surface area contributed by atoms with Gasteiger partial charge in [0.2, 0.25) is 6.43 Å². The van der Waals surface area contributed by atoms with Crippen molar-refractivity contribution in [1.82, 2.24) is 0 Å². The standard InChI is InChI=1S/C15H17F5N2O2S/c16-13(17)7-25-12-4-1-8(15(18,19)20)5-10(12)22-14(23)11-3-2-9(6-21)24-11/h1,4-5,9,11,13H,2-3,6-7,21H2,(H,22,23)/t9-,11+/m1/s1. The number of carbonyl (C=O) groups is 1. The molecule has 3 N–H and O–H groups in total. The third kappa shape index (κ3) is 5.55. The van der Waals surface area contributed by atoms with Crippen molar-refractivity contribution in [3.8, 4) is 0 Å². The molecule has 0 aromatic heterocycles. The van der Waals surface area contributed by atoms with Gasteiger partial charge in [-0.2, -0.15) is 13.2 Å². The molecular weight excluding hydrogens is 367 g/mol. The number of hydrogen-bond donors (Lipinski definition) is 2. The lowest BCUT2D eigenvalue weighted by Crippen LogP contribution is -2.30. The van der Waals surface area contributed by atoms with Crippen molar-refractivity contribution in [2.75, 3.05) is 17.6 Å². The molecule has 0 saturated carbocycles. The fraction of sp³-hybridized carbons (Fsp3) is 0.533. The molecule has 1 heterocycles. The maximum absolute atomic E-state index is 12.9. The number of carbonyl (C=O) groups excluding carboxylic acids is 1. The van der Waals surface area contributed by atoms with Crippen LogP contribution in [0.2, 0.25) is 0 Å². The van der Waals surface area contributed by atoms with E-state index in [1.165, 1.54) is 0 Å². The van der Waals surface area contributed by atoms with Gasteiger partial charge in [0.25, 0.3) is 5.91 Å². The second-order valence-corrected chi connectivity index (χ2v) is 6.52. The lowest BCUT2D eigenvalue weighted by Gasteiger charge is -2.17. The van der Waals surface area contributed by atoms with Crippen LogP contribution in [0.15, 0.2) is 23.1 Å². The van der Waals surface area contributed by atoms with Crippen LogP contribution in [0, 0.1) is 0 Å². The van der Waals surface area contributed by atoms with Gasteiger partial charge in [-0.15, -0.1) is 11.8 Å². The SMILES string of the molecule is NC[C@H]1CC[C@@H](C(=O)Nc2cc(C(F)(F)F)ccc2SCC(F)F)O1. The zero-order chi connectivity index (χ0) is 18.6. The summed E-state index contributed by atoms with van der Waals surface area (Å²) in [6.45, 7) is 0.239. The zero-order valence-corrected chi connectivity index (χ0v) is 13.8. The highest BCUT2D eigenvalue weighted by Crippen LogP contribution is 2.36. The molecule has 0 bridgehead atoms. The van der Waals surface area contributed by atoms with Crippen LogP contribution in [0.5, 0.6) is 0 Å². The minimum absolute atomic E-state index is 0.134. The van der Waals surface area contributed by atoms with Crippen LogP contribution in [0.25, 0.3) is 0 Å². The van der Waals surface area contributed by atoms with Crippen LogP contribution in [0.3, 0.4) is 0 Å². The first-order valence-electron chi connectivity index (χ1n) is 7.49. The summed E-state index contributed by atoms with van der Waals surface area (Å²) in [4.78, 5) is 12.3. The molecule has 0 aliphatic carbocycles. The molecule has 10 heteroatoms. The van der Waals surface area contributed by atoms with E-state index in [1.807, 2.05) is 0 Å². The first-order valence-corrected chi connectivity index (χ1v) is 8.48. The topological polar surface area (TPSA) is 64.4 Å². The number of nitrogens with one attached hydrogen (secondary N) is 1. The Morgan fingerprint density at radius 3 is 2.64 bits per heavy atom. The highest BCUT2D eigenvalue weighted by atomic mass is 32.2. The molecule has 140 valence electrons. The monoisotopic (exact) mass is 384 g/mol. The van der Waals surface area contributed by atoms with Crippen molar-refractivity contribution < 1.29 is 31.5 Å². The molecule has 2 atom stereocenters. The molecule has 4 nitrogen and oxygen atoms in total. The van der Waals surface area contributed by atoms with Crippen molar-refractivity contribution >= 4 is 23.4 Å². The van der Waals surface area contributed by atoms with Crippen molar-refractivity contribution in [3.05, 3.63) is 23.8 Å². The number of benzene rings is 1. The summed E-state index contributed by atoms with van der Waals surface area (Å²) in [6.07, 6.45) is -7.36. The first-order chi connectivity index (χ1) is 11.7. The van der Waals surface area contributed by atoms with E-state index in [4.69, 9.17) is 10.5 Å². The fourth-order valence-electron chi connectivity index (χ4n) is 2.37. The van der Waals surface area contributed by atoms with Gasteiger partial charge in [-0.05, 0) is 31.0 Å². The summed E-state index contributed by atoms with van der Waals surface area (Å²) >= 11 is 0.671. The van der Waals surface area contributed by atoms with Crippen molar-refractivity contribution in [2.45, 2.75) is 42.5 Å². The molecule has 1 aliphatic heterocycles. The summed E-state index contributed by atoms with van der Waals surface area (Å²) < 4.78 is 68.8. The molecule has 1 saturated heterocycles. The smallest absolute Gasteiger partial charge is 0.364 e. The number of halogens is 5. The number of nitrogens with two attached hydrogens (primary N) is 1. The van der Waals surface area contributed by atoms with Gasteiger partial charge in [-0.1, -0.05) is 0 Å². The minimum Gasteiger partial charge on any atom is -0.364 e. The number of amides is 1. The Morgan fingerprint density at radius 2 is 2.08 bits per heavy atom. The number of rotatable bonds is 6. The Labute approximate surface area is 145 Å². The van der Waals surface area contributed by atoms with E-state index in [0.29, 0.717) is 24.6 Å². The van der Waals surface area contributed by atoms with Crippen molar-refractivity contribution in [3.63, 3.8) is 0 Å². The number of ether oxygens (including phenoxy) is 1. The third-order valence-electron chi connectivity index (χ3n) is 3.59. The molecule has 0 unspecified atom stereocenters. The predicted octanol–water partition coefficient (Wildman–Crippen LogP) is 3.51. The van der Waals surface area contributed by atoms with Crippen LogP contribution in [0.1, 0.15) is 18.4 Å². The van der Waals surface area contributed by atoms with Gasteiger partial charge in [0.1, 0.15) is 6.10 Å². The predicted molar refractivity (Wildman–Crippen MR) is 83.8 cm³/mol. The fourth-order valence-corrected chi connectivity index (χ4v) is 3.10. The van der Waals surface area contributed by atoms with E-state index in [2.05, 4.69) is 5.32 Å². The summed E-state index contributed by atoms with van der Waals surface area (Å²) in [5.74, 6) is -1.21. The lowest BCUT2D eigenvalue weighted by atomic mass is 10.1. The second kappa shape index (κ2) is 8.33. The molecule has 1 amide bonds. The van der Waals surface area contributed by atoms with Crippen molar-refractivity contribution in [2.24, 2.45) is 5.73 Å². The van der Waals surface area contributed by atoms with Crippen LogP contribution in [0.4, 0.5) is 27.6 Å². The van der Waals surface area contributed by atoms with Crippen LogP contribution in [-0.2, 0) is 15.7 Å². The molecule has 1 aliphatic rings. The number of hydrogen-bond acceptors (Lipinski definition) is 4. The largest absolute Gasteiger partial charge is 0.416 e. The van der Waals surface area contributed by atoms with Gasteiger partial charge >= 0.3 is 6.18 Å². The van der Waals surface area contributed by atoms with E-state index in [-0.39, 0.29) is 23.2 Å². The van der Waals surface area contributed by atoms with E-state index in [1.54, 1.807) is 0 Å². The molecule has 1 fully saturated rings. The Bertz CT molecular complexity index is 612. The minimum atomic E-state index is -4.61. The third-order valence-corrected chi connectivity index (χ3v) is 4.68. The maximum Gasteiger partial charge on any atom is 0.416 e. The summed E-state index contributed by atoms with van der Waals surface area (Å²) in [5.41, 5.74) is 4.32. The Morgan fingerprint density at radius 1 is 1.36 bits per heavy atom. The Hall–Kier alpha value is -1.39. The molecule has 1 aromatic carbocycles. The average Bonchev–Trinajstić information content (AvgIpc) is 3.01. The first kappa shape index (κ1) is 19.9. The van der Waals surface area contributed by atoms with E-state index in [0.717, 1.165) is 18.2 Å². The highest BCUT2D eigenvalue weighted by Gasteiger charge is 2.33. The highest BCUT2D eigenvalue weighted by molar-refractivity contribution is 7.99. The Kier molecular flexibility index (Phi) is 6.64.